The van der Waals surface area contributed by atoms with Gasteiger partial charge < -0.3 is 10.1 Å². The number of benzene rings is 1. The number of halogens is 1. The van der Waals surface area contributed by atoms with Gasteiger partial charge in [-0.1, -0.05) is 35.3 Å². The smallest absolute Gasteiger partial charge is 0.341 e. The second kappa shape index (κ2) is 8.82. The second-order valence-corrected chi connectivity index (χ2v) is 8.39. The third-order valence-electron chi connectivity index (χ3n) is 4.38. The topological polar surface area (TPSA) is 55.4 Å². The van der Waals surface area contributed by atoms with Crippen LogP contribution in [-0.2, 0) is 17.6 Å². The van der Waals surface area contributed by atoms with Gasteiger partial charge in [0.05, 0.1) is 12.2 Å². The van der Waals surface area contributed by atoms with E-state index in [2.05, 4.69) is 21.2 Å². The molecule has 0 aliphatic heterocycles. The summed E-state index contributed by atoms with van der Waals surface area (Å²) in [7, 11) is 0. The Hall–Kier alpha value is -1.66. The Bertz CT molecular complexity index is 815. The van der Waals surface area contributed by atoms with Gasteiger partial charge in [0.25, 0.3) is 5.91 Å². The van der Waals surface area contributed by atoms with Crippen molar-refractivity contribution >= 4 is 44.1 Å². The maximum atomic E-state index is 12.7. The Balaban J connectivity index is 1.92. The zero-order valence-corrected chi connectivity index (χ0v) is 17.2. The van der Waals surface area contributed by atoms with E-state index in [-0.39, 0.29) is 11.9 Å². The molecular formula is C20H22BrNO3S. The number of carbonyl (C=O) groups excluding carboxylic acids is 2. The quantitative estimate of drug-likeness (QED) is 0.491. The van der Waals surface area contributed by atoms with Gasteiger partial charge in [-0.3, -0.25) is 4.79 Å². The highest BCUT2D eigenvalue weighted by atomic mass is 79.9. The maximum Gasteiger partial charge on any atom is 0.341 e. The number of esters is 1. The van der Waals surface area contributed by atoms with E-state index in [1.165, 1.54) is 22.6 Å². The number of carbonyl (C=O) groups is 2. The van der Waals surface area contributed by atoms with Gasteiger partial charge in [0.2, 0.25) is 0 Å². The van der Waals surface area contributed by atoms with E-state index in [0.717, 1.165) is 42.1 Å². The van der Waals surface area contributed by atoms with Gasteiger partial charge in [0.1, 0.15) is 5.00 Å². The predicted molar refractivity (Wildman–Crippen MR) is 108 cm³/mol. The standard InChI is InChI=1S/C20H22BrNO3S/c1-2-11-25-20(24)17-15-9-4-3-5-10-16(15)26-19(17)22-18(23)13-7-6-8-14(21)12-13/h6-8,12H,2-5,9-11H2,1H3,(H,22,23). The molecule has 0 atom stereocenters. The summed E-state index contributed by atoms with van der Waals surface area (Å²) in [4.78, 5) is 26.5. The zero-order chi connectivity index (χ0) is 18.5. The number of hydrogen-bond acceptors (Lipinski definition) is 4. The lowest BCUT2D eigenvalue weighted by Crippen LogP contribution is -2.15. The van der Waals surface area contributed by atoms with Crippen molar-refractivity contribution in [3.63, 3.8) is 0 Å². The lowest BCUT2D eigenvalue weighted by molar-refractivity contribution is 0.0505. The lowest BCUT2D eigenvalue weighted by Gasteiger charge is -2.09. The first-order chi connectivity index (χ1) is 12.6. The average Bonchev–Trinajstić information content (AvgIpc) is 2.80. The molecule has 4 nitrogen and oxygen atoms in total. The van der Waals surface area contributed by atoms with E-state index in [1.54, 1.807) is 12.1 Å². The van der Waals surface area contributed by atoms with Crippen molar-refractivity contribution in [3.8, 4) is 0 Å². The fourth-order valence-electron chi connectivity index (χ4n) is 3.12. The molecule has 1 N–H and O–H groups in total. The van der Waals surface area contributed by atoms with Gasteiger partial charge in [-0.15, -0.1) is 11.3 Å². The summed E-state index contributed by atoms with van der Waals surface area (Å²) < 4.78 is 6.24. The largest absolute Gasteiger partial charge is 0.462 e. The number of hydrogen-bond donors (Lipinski definition) is 1. The van der Waals surface area contributed by atoms with Crippen molar-refractivity contribution in [1.29, 1.82) is 0 Å². The Morgan fingerprint density at radius 3 is 2.81 bits per heavy atom. The van der Waals surface area contributed by atoms with Crippen molar-refractivity contribution in [2.75, 3.05) is 11.9 Å². The molecule has 26 heavy (non-hydrogen) atoms. The summed E-state index contributed by atoms with van der Waals surface area (Å²) in [6.07, 6.45) is 5.96. The summed E-state index contributed by atoms with van der Waals surface area (Å²) >= 11 is 4.91. The lowest BCUT2D eigenvalue weighted by atomic mass is 10.1. The van der Waals surface area contributed by atoms with E-state index < -0.39 is 0 Å². The molecule has 138 valence electrons. The first-order valence-electron chi connectivity index (χ1n) is 8.98. The number of ether oxygens (including phenoxy) is 1. The highest BCUT2D eigenvalue weighted by Crippen LogP contribution is 2.38. The molecule has 0 unspecified atom stereocenters. The molecule has 0 saturated carbocycles. The van der Waals surface area contributed by atoms with Gasteiger partial charge in [-0.25, -0.2) is 4.79 Å². The monoisotopic (exact) mass is 435 g/mol. The number of rotatable bonds is 5. The minimum atomic E-state index is -0.323. The van der Waals surface area contributed by atoms with Gasteiger partial charge >= 0.3 is 5.97 Å². The molecule has 0 fully saturated rings. The van der Waals surface area contributed by atoms with Crippen LogP contribution in [0.3, 0.4) is 0 Å². The van der Waals surface area contributed by atoms with Crippen LogP contribution in [0.2, 0.25) is 0 Å². The molecule has 0 bridgehead atoms. The minimum absolute atomic E-state index is 0.216. The first kappa shape index (κ1) is 19.1. The molecule has 1 heterocycles. The molecule has 3 rings (SSSR count). The van der Waals surface area contributed by atoms with Gasteiger partial charge in [0.15, 0.2) is 0 Å². The van der Waals surface area contributed by atoms with E-state index in [4.69, 9.17) is 4.74 Å². The molecular weight excluding hydrogens is 414 g/mol. The van der Waals surface area contributed by atoms with Crippen molar-refractivity contribution in [3.05, 3.63) is 50.3 Å². The third-order valence-corrected chi connectivity index (χ3v) is 6.08. The highest BCUT2D eigenvalue weighted by Gasteiger charge is 2.26. The zero-order valence-electron chi connectivity index (χ0n) is 14.8. The van der Waals surface area contributed by atoms with E-state index >= 15 is 0 Å². The Morgan fingerprint density at radius 1 is 1.23 bits per heavy atom. The summed E-state index contributed by atoms with van der Waals surface area (Å²) in [5, 5.41) is 3.56. The van der Waals surface area contributed by atoms with Crippen LogP contribution in [0.25, 0.3) is 0 Å². The molecule has 0 radical (unpaired) electrons. The molecule has 0 saturated heterocycles. The summed E-state index contributed by atoms with van der Waals surface area (Å²) in [6.45, 7) is 2.36. The fraction of sp³-hybridized carbons (Fsp3) is 0.400. The third kappa shape index (κ3) is 4.35. The molecule has 1 amide bonds. The Labute approximate surface area is 166 Å². The number of thiophene rings is 1. The molecule has 1 aromatic carbocycles. The van der Waals surface area contributed by atoms with E-state index in [1.807, 2.05) is 19.1 Å². The van der Waals surface area contributed by atoms with Crippen LogP contribution in [-0.4, -0.2) is 18.5 Å². The van der Waals surface area contributed by atoms with Crippen LogP contribution in [0.4, 0.5) is 5.00 Å². The van der Waals surface area contributed by atoms with Gasteiger partial charge in [0, 0.05) is 14.9 Å². The van der Waals surface area contributed by atoms with Crippen molar-refractivity contribution in [1.82, 2.24) is 0 Å². The summed E-state index contributed by atoms with van der Waals surface area (Å²) in [5.74, 6) is -0.539. The summed E-state index contributed by atoms with van der Waals surface area (Å²) in [6, 6.07) is 7.22. The van der Waals surface area contributed by atoms with Crippen LogP contribution < -0.4 is 5.32 Å². The van der Waals surface area contributed by atoms with Crippen LogP contribution >= 0.6 is 27.3 Å². The minimum Gasteiger partial charge on any atom is -0.462 e. The number of anilines is 1. The molecule has 1 aliphatic rings. The molecule has 1 aromatic heterocycles. The van der Waals surface area contributed by atoms with E-state index in [9.17, 15) is 9.59 Å². The van der Waals surface area contributed by atoms with Crippen LogP contribution in [0.1, 0.15) is 63.8 Å². The maximum absolute atomic E-state index is 12.7. The van der Waals surface area contributed by atoms with Crippen molar-refractivity contribution in [2.45, 2.75) is 45.4 Å². The van der Waals surface area contributed by atoms with Crippen molar-refractivity contribution in [2.24, 2.45) is 0 Å². The predicted octanol–water partition coefficient (Wildman–Crippen LogP) is 5.60. The Morgan fingerprint density at radius 2 is 2.04 bits per heavy atom. The van der Waals surface area contributed by atoms with E-state index in [0.29, 0.717) is 22.7 Å². The number of amides is 1. The molecule has 6 heteroatoms. The van der Waals surface area contributed by atoms with Crippen LogP contribution in [0.15, 0.2) is 28.7 Å². The first-order valence-corrected chi connectivity index (χ1v) is 10.6. The van der Waals surface area contributed by atoms with Gasteiger partial charge in [-0.05, 0) is 55.9 Å². The molecule has 2 aromatic rings. The summed E-state index contributed by atoms with van der Waals surface area (Å²) in [5.41, 5.74) is 2.18. The number of nitrogens with one attached hydrogen (secondary N) is 1. The highest BCUT2D eigenvalue weighted by molar-refractivity contribution is 9.10. The average molecular weight is 436 g/mol. The van der Waals surface area contributed by atoms with Crippen molar-refractivity contribution < 1.29 is 14.3 Å². The van der Waals surface area contributed by atoms with Crippen LogP contribution in [0, 0.1) is 0 Å². The number of fused-ring (bicyclic) bond motifs is 1. The van der Waals surface area contributed by atoms with Gasteiger partial charge in [-0.2, -0.15) is 0 Å². The normalized spacial score (nSPS) is 13.6. The fourth-order valence-corrected chi connectivity index (χ4v) is 4.79. The Kier molecular flexibility index (Phi) is 6.48. The number of aryl methyl sites for hydroxylation is 1. The molecule has 0 spiro atoms. The SMILES string of the molecule is CCCOC(=O)c1c(NC(=O)c2cccc(Br)c2)sc2c1CCCCC2. The van der Waals surface area contributed by atoms with Crippen LogP contribution in [0.5, 0.6) is 0 Å². The second-order valence-electron chi connectivity index (χ2n) is 6.37. The molecule has 1 aliphatic carbocycles.